The van der Waals surface area contributed by atoms with Crippen molar-refractivity contribution in [2.75, 3.05) is 5.32 Å². The van der Waals surface area contributed by atoms with Gasteiger partial charge in [0.05, 0.1) is 12.1 Å². The van der Waals surface area contributed by atoms with Gasteiger partial charge in [-0.2, -0.15) is 11.3 Å². The lowest BCUT2D eigenvalue weighted by atomic mass is 10.3. The maximum Gasteiger partial charge on any atom is 0.229 e. The Morgan fingerprint density at radius 1 is 1.36 bits per heavy atom. The summed E-state index contributed by atoms with van der Waals surface area (Å²) in [5, 5.41) is 8.69. The van der Waals surface area contributed by atoms with Gasteiger partial charge in [-0.05, 0) is 22.9 Å². The number of amides is 1. The highest BCUT2D eigenvalue weighted by Gasteiger charge is 2.04. The molecule has 1 N–H and O–H groups in total. The maximum atomic E-state index is 11.5. The molecule has 4 heteroatoms. The van der Waals surface area contributed by atoms with Crippen molar-refractivity contribution in [1.29, 1.82) is 0 Å². The summed E-state index contributed by atoms with van der Waals surface area (Å²) in [6.45, 7) is 0. The van der Waals surface area contributed by atoms with Crippen molar-refractivity contribution in [3.8, 4) is 0 Å². The number of rotatable bonds is 3. The summed E-state index contributed by atoms with van der Waals surface area (Å²) in [4.78, 5) is 12.6. The van der Waals surface area contributed by atoms with Crippen LogP contribution in [0.1, 0.15) is 4.88 Å². The Morgan fingerprint density at radius 3 is 2.93 bits per heavy atom. The molecule has 0 fully saturated rings. The van der Waals surface area contributed by atoms with Crippen LogP contribution >= 0.6 is 22.7 Å². The summed E-state index contributed by atoms with van der Waals surface area (Å²) in [6.07, 6.45) is 0.466. The summed E-state index contributed by atoms with van der Waals surface area (Å²) in [6, 6.07) is 5.83. The first-order chi connectivity index (χ1) is 6.84. The van der Waals surface area contributed by atoms with Gasteiger partial charge in [0, 0.05) is 10.3 Å². The van der Waals surface area contributed by atoms with E-state index < -0.39 is 0 Å². The lowest BCUT2D eigenvalue weighted by molar-refractivity contribution is -0.115. The van der Waals surface area contributed by atoms with E-state index in [4.69, 9.17) is 0 Å². The van der Waals surface area contributed by atoms with Crippen molar-refractivity contribution < 1.29 is 4.79 Å². The van der Waals surface area contributed by atoms with E-state index in [1.807, 2.05) is 34.3 Å². The molecular formula is C10H9NOS2. The first-order valence-electron chi connectivity index (χ1n) is 4.19. The Hall–Kier alpha value is -1.13. The number of nitrogens with one attached hydrogen (secondary N) is 1. The molecule has 14 heavy (non-hydrogen) atoms. The monoisotopic (exact) mass is 223 g/mol. The molecule has 0 spiro atoms. The molecule has 0 bridgehead atoms. The van der Waals surface area contributed by atoms with Gasteiger partial charge in [0.1, 0.15) is 0 Å². The third kappa shape index (κ3) is 2.43. The molecule has 0 unspecified atom stereocenters. The minimum absolute atomic E-state index is 0.0471. The van der Waals surface area contributed by atoms with E-state index >= 15 is 0 Å². The van der Waals surface area contributed by atoms with Crippen LogP contribution in [-0.2, 0) is 11.2 Å². The summed E-state index contributed by atoms with van der Waals surface area (Å²) < 4.78 is 0. The molecule has 1 amide bonds. The van der Waals surface area contributed by atoms with Gasteiger partial charge in [-0.15, -0.1) is 11.3 Å². The summed E-state index contributed by atoms with van der Waals surface area (Å²) in [5.74, 6) is 0.0471. The van der Waals surface area contributed by atoms with Crippen LogP contribution in [0.3, 0.4) is 0 Å². The maximum absolute atomic E-state index is 11.5. The Bertz CT molecular complexity index is 353. The van der Waals surface area contributed by atoms with Crippen LogP contribution in [0.15, 0.2) is 34.3 Å². The molecule has 0 saturated carbocycles. The third-order valence-electron chi connectivity index (χ3n) is 1.72. The molecule has 2 rings (SSSR count). The molecule has 2 heterocycles. The second-order valence-electron chi connectivity index (χ2n) is 2.82. The van der Waals surface area contributed by atoms with Gasteiger partial charge in [-0.3, -0.25) is 4.79 Å². The number of anilines is 1. The van der Waals surface area contributed by atoms with Crippen LogP contribution in [0.4, 0.5) is 5.69 Å². The van der Waals surface area contributed by atoms with Gasteiger partial charge < -0.3 is 5.32 Å². The Balaban J connectivity index is 1.91. The van der Waals surface area contributed by atoms with Crippen molar-refractivity contribution in [1.82, 2.24) is 0 Å². The van der Waals surface area contributed by atoms with Gasteiger partial charge in [0.2, 0.25) is 5.91 Å². The highest BCUT2D eigenvalue weighted by molar-refractivity contribution is 7.10. The van der Waals surface area contributed by atoms with Gasteiger partial charge >= 0.3 is 0 Å². The molecule has 0 aliphatic carbocycles. The molecule has 2 nitrogen and oxygen atoms in total. The van der Waals surface area contributed by atoms with Gasteiger partial charge in [0.25, 0.3) is 0 Å². The molecule has 0 aliphatic heterocycles. The number of carbonyl (C=O) groups is 1. The molecule has 0 atom stereocenters. The third-order valence-corrected chi connectivity index (χ3v) is 3.28. The van der Waals surface area contributed by atoms with Gasteiger partial charge in [-0.25, -0.2) is 0 Å². The predicted octanol–water partition coefficient (Wildman–Crippen LogP) is 2.99. The zero-order chi connectivity index (χ0) is 9.80. The minimum atomic E-state index is 0.0471. The van der Waals surface area contributed by atoms with E-state index in [0.29, 0.717) is 6.42 Å². The van der Waals surface area contributed by atoms with Crippen LogP contribution < -0.4 is 5.32 Å². The van der Waals surface area contributed by atoms with Crippen molar-refractivity contribution in [2.45, 2.75) is 6.42 Å². The van der Waals surface area contributed by atoms with Crippen LogP contribution in [0.25, 0.3) is 0 Å². The van der Waals surface area contributed by atoms with Crippen molar-refractivity contribution >= 4 is 34.3 Å². The fourth-order valence-electron chi connectivity index (χ4n) is 1.11. The van der Waals surface area contributed by atoms with Gasteiger partial charge in [0.15, 0.2) is 0 Å². The average molecular weight is 223 g/mol. The molecule has 0 aromatic carbocycles. The number of hydrogen-bond donors (Lipinski definition) is 1. The van der Waals surface area contributed by atoms with Crippen molar-refractivity contribution in [2.24, 2.45) is 0 Å². The van der Waals surface area contributed by atoms with E-state index in [1.165, 1.54) is 0 Å². The van der Waals surface area contributed by atoms with Gasteiger partial charge in [-0.1, -0.05) is 6.07 Å². The molecule has 0 radical (unpaired) electrons. The number of thiophene rings is 2. The van der Waals surface area contributed by atoms with Crippen molar-refractivity contribution in [3.63, 3.8) is 0 Å². The Kier molecular flexibility index (Phi) is 2.96. The summed E-state index contributed by atoms with van der Waals surface area (Å²) >= 11 is 3.18. The Morgan fingerprint density at radius 2 is 2.29 bits per heavy atom. The highest BCUT2D eigenvalue weighted by Crippen LogP contribution is 2.14. The average Bonchev–Trinajstić information content (AvgIpc) is 2.76. The fourth-order valence-corrected chi connectivity index (χ4v) is 2.40. The van der Waals surface area contributed by atoms with E-state index in [1.54, 1.807) is 22.7 Å². The summed E-state index contributed by atoms with van der Waals surface area (Å²) in [5.41, 5.74) is 0.886. The van der Waals surface area contributed by atoms with E-state index in [2.05, 4.69) is 5.32 Å². The smallest absolute Gasteiger partial charge is 0.229 e. The zero-order valence-corrected chi connectivity index (χ0v) is 9.03. The normalized spacial score (nSPS) is 10.0. The molecule has 72 valence electrons. The molecule has 0 aliphatic rings. The van der Waals surface area contributed by atoms with Crippen molar-refractivity contribution in [3.05, 3.63) is 39.2 Å². The number of hydrogen-bond acceptors (Lipinski definition) is 3. The van der Waals surface area contributed by atoms with E-state index in [9.17, 15) is 4.79 Å². The first-order valence-corrected chi connectivity index (χ1v) is 6.01. The van der Waals surface area contributed by atoms with Crippen LogP contribution in [0.5, 0.6) is 0 Å². The molecule has 2 aromatic heterocycles. The lowest BCUT2D eigenvalue weighted by Crippen LogP contribution is -2.12. The highest BCUT2D eigenvalue weighted by atomic mass is 32.1. The second kappa shape index (κ2) is 4.39. The lowest BCUT2D eigenvalue weighted by Gasteiger charge is -2.00. The summed E-state index contributed by atoms with van der Waals surface area (Å²) in [7, 11) is 0. The predicted molar refractivity (Wildman–Crippen MR) is 61.0 cm³/mol. The first kappa shape index (κ1) is 9.43. The molecule has 0 saturated heterocycles. The second-order valence-corrected chi connectivity index (χ2v) is 4.63. The zero-order valence-electron chi connectivity index (χ0n) is 7.40. The van der Waals surface area contributed by atoms with E-state index in [-0.39, 0.29) is 5.91 Å². The van der Waals surface area contributed by atoms with Crippen LogP contribution in [0, 0.1) is 0 Å². The fraction of sp³-hybridized carbons (Fsp3) is 0.100. The quantitative estimate of drug-likeness (QED) is 0.851. The molecule has 2 aromatic rings. The van der Waals surface area contributed by atoms with E-state index in [0.717, 1.165) is 10.6 Å². The van der Waals surface area contributed by atoms with Crippen LogP contribution in [-0.4, -0.2) is 5.91 Å². The minimum Gasteiger partial charge on any atom is -0.325 e. The Labute approximate surface area is 90.2 Å². The largest absolute Gasteiger partial charge is 0.325 e. The number of carbonyl (C=O) groups excluding carboxylic acids is 1. The topological polar surface area (TPSA) is 29.1 Å². The van der Waals surface area contributed by atoms with Crippen LogP contribution in [0.2, 0.25) is 0 Å². The molecular weight excluding hydrogens is 214 g/mol. The SMILES string of the molecule is O=C(Cc1cccs1)Nc1ccsc1. The standard InChI is InChI=1S/C10H9NOS2/c12-10(6-9-2-1-4-14-9)11-8-3-5-13-7-8/h1-5,7H,6H2,(H,11,12).